The van der Waals surface area contributed by atoms with E-state index in [9.17, 15) is 0 Å². The summed E-state index contributed by atoms with van der Waals surface area (Å²) in [5, 5.41) is 3.52. The van der Waals surface area contributed by atoms with Gasteiger partial charge in [-0.3, -0.25) is 0 Å². The third kappa shape index (κ3) is 4.67. The Labute approximate surface area is 127 Å². The Hall–Kier alpha value is -2.22. The van der Waals surface area contributed by atoms with Crippen molar-refractivity contribution in [1.82, 2.24) is 0 Å². The Morgan fingerprint density at radius 1 is 1.10 bits per heavy atom. The summed E-state index contributed by atoms with van der Waals surface area (Å²) in [6.45, 7) is 7.22. The van der Waals surface area contributed by atoms with Gasteiger partial charge < -0.3 is 10.1 Å². The lowest BCUT2D eigenvalue weighted by molar-refractivity contribution is 0.363. The molecule has 2 nitrogen and oxygen atoms in total. The van der Waals surface area contributed by atoms with E-state index in [1.807, 2.05) is 12.1 Å². The number of hydrogen-bond donors (Lipinski definition) is 1. The molecule has 2 aromatic carbocycles. The van der Waals surface area contributed by atoms with E-state index in [4.69, 9.17) is 4.74 Å². The van der Waals surface area contributed by atoms with Gasteiger partial charge in [0.05, 0.1) is 0 Å². The van der Waals surface area contributed by atoms with Gasteiger partial charge in [-0.2, -0.15) is 0 Å². The Morgan fingerprint density at radius 3 is 2.57 bits per heavy atom. The molecule has 1 N–H and O–H groups in total. The predicted octanol–water partition coefficient (Wildman–Crippen LogP) is 4.82. The highest BCUT2D eigenvalue weighted by Gasteiger charge is 2.01. The average Bonchev–Trinajstić information content (AvgIpc) is 2.53. The molecule has 0 unspecified atom stereocenters. The molecule has 0 spiro atoms. The van der Waals surface area contributed by atoms with E-state index in [-0.39, 0.29) is 0 Å². The van der Waals surface area contributed by atoms with Crippen LogP contribution in [0.2, 0.25) is 0 Å². The molecule has 0 radical (unpaired) electrons. The van der Waals surface area contributed by atoms with Gasteiger partial charge in [-0.15, -0.1) is 0 Å². The van der Waals surface area contributed by atoms with E-state index < -0.39 is 0 Å². The average molecular weight is 281 g/mol. The summed E-state index contributed by atoms with van der Waals surface area (Å²) < 4.78 is 5.49. The zero-order valence-corrected chi connectivity index (χ0v) is 12.6. The Kier molecular flexibility index (Phi) is 5.89. The molecule has 2 rings (SSSR count). The third-order valence-corrected chi connectivity index (χ3v) is 3.31. The second-order valence-corrected chi connectivity index (χ2v) is 5.00. The van der Waals surface area contributed by atoms with Crippen LogP contribution in [0.25, 0.3) is 0 Å². The number of nitrogens with one attached hydrogen (secondary N) is 1. The predicted molar refractivity (Wildman–Crippen MR) is 89.9 cm³/mol. The number of hydrogen-bond acceptors (Lipinski definition) is 2. The monoisotopic (exact) mass is 281 g/mol. The fourth-order valence-electron chi connectivity index (χ4n) is 2.24. The van der Waals surface area contributed by atoms with E-state index in [2.05, 4.69) is 55.2 Å². The van der Waals surface area contributed by atoms with Crippen molar-refractivity contribution in [2.45, 2.75) is 26.3 Å². The highest BCUT2D eigenvalue weighted by atomic mass is 16.5. The van der Waals surface area contributed by atoms with Crippen molar-refractivity contribution < 1.29 is 4.74 Å². The standard InChI is InChI=1S/C19H23NO/c1-3-7-17-8-5-6-9-19(17)20-15-16-10-12-18(13-11-16)21-14-4-2/h4-6,8-13,20H,2-3,7,14-15H2,1H3. The molecule has 110 valence electrons. The second-order valence-electron chi connectivity index (χ2n) is 5.00. The van der Waals surface area contributed by atoms with Crippen molar-refractivity contribution in [2.24, 2.45) is 0 Å². The lowest BCUT2D eigenvalue weighted by Crippen LogP contribution is -2.02. The summed E-state index contributed by atoms with van der Waals surface area (Å²) in [5.41, 5.74) is 3.85. The zero-order chi connectivity index (χ0) is 14.9. The van der Waals surface area contributed by atoms with Gasteiger partial charge >= 0.3 is 0 Å². The number of aryl methyl sites for hydroxylation is 1. The van der Waals surface area contributed by atoms with Crippen LogP contribution in [0.5, 0.6) is 5.75 Å². The Bertz CT molecular complexity index is 560. The molecule has 0 saturated heterocycles. The van der Waals surface area contributed by atoms with Crippen LogP contribution in [0.1, 0.15) is 24.5 Å². The first-order chi connectivity index (χ1) is 10.3. The van der Waals surface area contributed by atoms with E-state index >= 15 is 0 Å². The number of rotatable bonds is 8. The van der Waals surface area contributed by atoms with Crippen LogP contribution in [0, 0.1) is 0 Å². The van der Waals surface area contributed by atoms with Gasteiger partial charge in [0.25, 0.3) is 0 Å². The smallest absolute Gasteiger partial charge is 0.119 e. The molecular weight excluding hydrogens is 258 g/mol. The minimum absolute atomic E-state index is 0.544. The van der Waals surface area contributed by atoms with E-state index in [0.29, 0.717) is 6.61 Å². The summed E-state index contributed by atoms with van der Waals surface area (Å²) in [6.07, 6.45) is 4.02. The topological polar surface area (TPSA) is 21.3 Å². The Morgan fingerprint density at radius 2 is 1.86 bits per heavy atom. The van der Waals surface area contributed by atoms with E-state index in [1.54, 1.807) is 6.08 Å². The van der Waals surface area contributed by atoms with Crippen LogP contribution in [0.4, 0.5) is 5.69 Å². The van der Waals surface area contributed by atoms with Crippen molar-refractivity contribution in [3.05, 3.63) is 72.3 Å². The normalized spacial score (nSPS) is 10.1. The molecule has 0 saturated carbocycles. The molecule has 2 aromatic rings. The first-order valence-electron chi connectivity index (χ1n) is 7.48. The molecule has 0 amide bonds. The summed E-state index contributed by atoms with van der Waals surface area (Å²) in [5.74, 6) is 0.880. The lowest BCUT2D eigenvalue weighted by Gasteiger charge is -2.12. The lowest BCUT2D eigenvalue weighted by atomic mass is 10.1. The first kappa shape index (κ1) is 15.2. The Balaban J connectivity index is 1.95. The largest absolute Gasteiger partial charge is 0.490 e. The van der Waals surface area contributed by atoms with Gasteiger partial charge in [-0.05, 0) is 35.7 Å². The van der Waals surface area contributed by atoms with Gasteiger partial charge in [-0.1, -0.05) is 56.3 Å². The van der Waals surface area contributed by atoms with Gasteiger partial charge in [-0.25, -0.2) is 0 Å². The first-order valence-corrected chi connectivity index (χ1v) is 7.48. The summed E-state index contributed by atoms with van der Waals surface area (Å²) >= 11 is 0. The van der Waals surface area contributed by atoms with Crippen LogP contribution >= 0.6 is 0 Å². The summed E-state index contributed by atoms with van der Waals surface area (Å²) in [7, 11) is 0. The zero-order valence-electron chi connectivity index (χ0n) is 12.6. The molecule has 0 aromatic heterocycles. The summed E-state index contributed by atoms with van der Waals surface area (Å²) in [6, 6.07) is 16.7. The van der Waals surface area contributed by atoms with E-state index in [0.717, 1.165) is 25.1 Å². The van der Waals surface area contributed by atoms with Crippen molar-refractivity contribution in [3.8, 4) is 5.75 Å². The minimum Gasteiger partial charge on any atom is -0.490 e. The van der Waals surface area contributed by atoms with Crippen molar-refractivity contribution >= 4 is 5.69 Å². The molecule has 0 aliphatic rings. The van der Waals surface area contributed by atoms with Crippen molar-refractivity contribution in [2.75, 3.05) is 11.9 Å². The molecular formula is C19H23NO. The SMILES string of the molecule is C=CCOc1ccc(CNc2ccccc2CCC)cc1. The van der Waals surface area contributed by atoms with Gasteiger partial charge in [0.15, 0.2) is 0 Å². The fraction of sp³-hybridized carbons (Fsp3) is 0.263. The number of benzene rings is 2. The van der Waals surface area contributed by atoms with Crippen molar-refractivity contribution in [1.29, 1.82) is 0 Å². The highest BCUT2D eigenvalue weighted by molar-refractivity contribution is 5.51. The maximum Gasteiger partial charge on any atom is 0.119 e. The van der Waals surface area contributed by atoms with Gasteiger partial charge in [0.2, 0.25) is 0 Å². The van der Waals surface area contributed by atoms with Gasteiger partial charge in [0, 0.05) is 12.2 Å². The van der Waals surface area contributed by atoms with Crippen LogP contribution < -0.4 is 10.1 Å². The van der Waals surface area contributed by atoms with E-state index in [1.165, 1.54) is 16.8 Å². The minimum atomic E-state index is 0.544. The molecule has 0 atom stereocenters. The molecule has 21 heavy (non-hydrogen) atoms. The maximum absolute atomic E-state index is 5.49. The molecule has 0 bridgehead atoms. The highest BCUT2D eigenvalue weighted by Crippen LogP contribution is 2.18. The number of anilines is 1. The molecule has 0 aliphatic heterocycles. The third-order valence-electron chi connectivity index (χ3n) is 3.31. The molecule has 0 heterocycles. The number of ether oxygens (including phenoxy) is 1. The molecule has 2 heteroatoms. The molecule has 0 aliphatic carbocycles. The van der Waals surface area contributed by atoms with Crippen LogP contribution in [0.15, 0.2) is 61.2 Å². The fourth-order valence-corrected chi connectivity index (χ4v) is 2.24. The van der Waals surface area contributed by atoms with Crippen LogP contribution in [-0.4, -0.2) is 6.61 Å². The summed E-state index contributed by atoms with van der Waals surface area (Å²) in [4.78, 5) is 0. The maximum atomic E-state index is 5.49. The quantitative estimate of drug-likeness (QED) is 0.701. The van der Waals surface area contributed by atoms with Gasteiger partial charge in [0.1, 0.15) is 12.4 Å². The van der Waals surface area contributed by atoms with Crippen molar-refractivity contribution in [3.63, 3.8) is 0 Å². The second kappa shape index (κ2) is 8.15. The van der Waals surface area contributed by atoms with Crippen LogP contribution in [-0.2, 0) is 13.0 Å². The number of para-hydroxylation sites is 1. The van der Waals surface area contributed by atoms with Crippen LogP contribution in [0.3, 0.4) is 0 Å². The molecule has 0 fully saturated rings.